The molecule has 1 atom stereocenters. The lowest BCUT2D eigenvalue weighted by molar-refractivity contribution is 0.467. The molecule has 0 radical (unpaired) electrons. The summed E-state index contributed by atoms with van der Waals surface area (Å²) in [6.07, 6.45) is 0.907. The van der Waals surface area contributed by atoms with Crippen molar-refractivity contribution < 1.29 is 9.13 Å². The zero-order valence-corrected chi connectivity index (χ0v) is 11.0. The van der Waals surface area contributed by atoms with Crippen molar-refractivity contribution in [2.45, 2.75) is 19.3 Å². The minimum absolute atomic E-state index is 0.267. The molecule has 2 aromatic rings. The maximum absolute atomic E-state index is 12.9. The van der Waals surface area contributed by atoms with Gasteiger partial charge in [0, 0.05) is 0 Å². The minimum atomic E-state index is -0.267. The zero-order chi connectivity index (χ0) is 13.7. The van der Waals surface area contributed by atoms with Crippen molar-refractivity contribution in [1.82, 2.24) is 0 Å². The Hall–Kier alpha value is -1.87. The first-order chi connectivity index (χ1) is 9.20. The van der Waals surface area contributed by atoms with Crippen LogP contribution in [0.4, 0.5) is 4.39 Å². The molecule has 0 aliphatic heterocycles. The Morgan fingerprint density at radius 3 is 2.47 bits per heavy atom. The van der Waals surface area contributed by atoms with Gasteiger partial charge in [0.1, 0.15) is 17.3 Å². The second kappa shape index (κ2) is 6.34. The lowest BCUT2D eigenvalue weighted by Gasteiger charge is -2.16. The first-order valence-corrected chi connectivity index (χ1v) is 6.43. The van der Waals surface area contributed by atoms with Crippen molar-refractivity contribution in [3.05, 3.63) is 59.9 Å². The number of para-hydroxylation sites is 1. The molecule has 0 saturated heterocycles. The van der Waals surface area contributed by atoms with Gasteiger partial charge in [-0.25, -0.2) is 4.39 Å². The van der Waals surface area contributed by atoms with Gasteiger partial charge in [-0.2, -0.15) is 0 Å². The van der Waals surface area contributed by atoms with Crippen molar-refractivity contribution in [2.75, 3.05) is 6.54 Å². The van der Waals surface area contributed by atoms with E-state index in [1.807, 2.05) is 24.3 Å². The van der Waals surface area contributed by atoms with Crippen LogP contribution in [-0.4, -0.2) is 6.54 Å². The molecule has 2 nitrogen and oxygen atoms in total. The van der Waals surface area contributed by atoms with Crippen LogP contribution in [0.25, 0.3) is 0 Å². The number of hydrogen-bond donors (Lipinski definition) is 1. The zero-order valence-electron chi connectivity index (χ0n) is 11.0. The molecule has 0 aromatic heterocycles. The molecule has 100 valence electrons. The van der Waals surface area contributed by atoms with Crippen LogP contribution in [0.5, 0.6) is 11.5 Å². The smallest absolute Gasteiger partial charge is 0.130 e. The highest BCUT2D eigenvalue weighted by Crippen LogP contribution is 2.31. The Balaban J connectivity index is 2.22. The fourth-order valence-electron chi connectivity index (χ4n) is 2.02. The van der Waals surface area contributed by atoms with E-state index < -0.39 is 0 Å². The molecule has 0 spiro atoms. The molecule has 0 bridgehead atoms. The van der Waals surface area contributed by atoms with Crippen molar-refractivity contribution in [3.63, 3.8) is 0 Å². The number of hydrogen-bond acceptors (Lipinski definition) is 2. The molecule has 1 unspecified atom stereocenters. The molecular formula is C16H18FNO. The van der Waals surface area contributed by atoms with Crippen LogP contribution >= 0.6 is 0 Å². The molecule has 0 fully saturated rings. The normalized spacial score (nSPS) is 12.2. The predicted octanol–water partition coefficient (Wildman–Crippen LogP) is 4.07. The van der Waals surface area contributed by atoms with Crippen molar-refractivity contribution >= 4 is 0 Å². The number of ether oxygens (including phenoxy) is 1. The standard InChI is InChI=1S/C16H18FNO/c1-12(10-11-18)15-4-2-3-5-16(15)19-14-8-6-13(17)7-9-14/h2-9,12H,10-11,18H2,1H3. The SMILES string of the molecule is CC(CCN)c1ccccc1Oc1ccc(F)cc1. The van der Waals surface area contributed by atoms with Gasteiger partial charge in [0.25, 0.3) is 0 Å². The van der Waals surface area contributed by atoms with E-state index >= 15 is 0 Å². The van der Waals surface area contributed by atoms with Gasteiger partial charge in [0.15, 0.2) is 0 Å². The fraction of sp³-hybridized carbons (Fsp3) is 0.250. The molecule has 2 rings (SSSR count). The average molecular weight is 259 g/mol. The van der Waals surface area contributed by atoms with E-state index in [0.29, 0.717) is 18.2 Å². The summed E-state index contributed by atoms with van der Waals surface area (Å²) in [6, 6.07) is 13.9. The van der Waals surface area contributed by atoms with E-state index in [0.717, 1.165) is 17.7 Å². The van der Waals surface area contributed by atoms with Crippen LogP contribution in [0.15, 0.2) is 48.5 Å². The first kappa shape index (κ1) is 13.6. The van der Waals surface area contributed by atoms with Crippen molar-refractivity contribution in [2.24, 2.45) is 5.73 Å². The largest absolute Gasteiger partial charge is 0.457 e. The lowest BCUT2D eigenvalue weighted by atomic mass is 9.97. The second-order valence-electron chi connectivity index (χ2n) is 4.57. The van der Waals surface area contributed by atoms with Gasteiger partial charge < -0.3 is 10.5 Å². The molecule has 0 aliphatic rings. The van der Waals surface area contributed by atoms with Crippen LogP contribution in [0.2, 0.25) is 0 Å². The predicted molar refractivity (Wildman–Crippen MR) is 75.0 cm³/mol. The summed E-state index contributed by atoms with van der Waals surface area (Å²) < 4.78 is 18.7. The Morgan fingerprint density at radius 2 is 1.79 bits per heavy atom. The summed E-state index contributed by atoms with van der Waals surface area (Å²) in [5.41, 5.74) is 6.73. The highest BCUT2D eigenvalue weighted by molar-refractivity contribution is 5.39. The second-order valence-corrected chi connectivity index (χ2v) is 4.57. The summed E-state index contributed by atoms with van der Waals surface area (Å²) in [5.74, 6) is 1.50. The van der Waals surface area contributed by atoms with E-state index in [1.165, 1.54) is 12.1 Å². The quantitative estimate of drug-likeness (QED) is 0.878. The third kappa shape index (κ3) is 3.55. The summed E-state index contributed by atoms with van der Waals surface area (Å²) in [4.78, 5) is 0. The fourth-order valence-corrected chi connectivity index (χ4v) is 2.02. The number of halogens is 1. The maximum Gasteiger partial charge on any atom is 0.130 e. The Labute approximate surface area is 113 Å². The molecule has 2 N–H and O–H groups in total. The first-order valence-electron chi connectivity index (χ1n) is 6.43. The molecule has 2 aromatic carbocycles. The number of nitrogens with two attached hydrogens (primary N) is 1. The molecule has 3 heteroatoms. The van der Waals surface area contributed by atoms with Crippen LogP contribution in [0.3, 0.4) is 0 Å². The van der Waals surface area contributed by atoms with Gasteiger partial charge in [-0.15, -0.1) is 0 Å². The third-order valence-corrected chi connectivity index (χ3v) is 3.09. The van der Waals surface area contributed by atoms with Crippen LogP contribution in [0.1, 0.15) is 24.8 Å². The van der Waals surface area contributed by atoms with Crippen molar-refractivity contribution in [3.8, 4) is 11.5 Å². The van der Waals surface area contributed by atoms with Gasteiger partial charge in [-0.05, 0) is 54.8 Å². The van der Waals surface area contributed by atoms with Gasteiger partial charge >= 0.3 is 0 Å². The third-order valence-electron chi connectivity index (χ3n) is 3.09. The lowest BCUT2D eigenvalue weighted by Crippen LogP contribution is -2.05. The Kier molecular flexibility index (Phi) is 4.53. The van der Waals surface area contributed by atoms with E-state index in [2.05, 4.69) is 6.92 Å². The summed E-state index contributed by atoms with van der Waals surface area (Å²) in [6.45, 7) is 2.77. The molecule has 19 heavy (non-hydrogen) atoms. The number of rotatable bonds is 5. The summed E-state index contributed by atoms with van der Waals surface area (Å²) in [5, 5.41) is 0. The Morgan fingerprint density at radius 1 is 1.11 bits per heavy atom. The topological polar surface area (TPSA) is 35.2 Å². The van der Waals surface area contributed by atoms with E-state index in [4.69, 9.17) is 10.5 Å². The van der Waals surface area contributed by atoms with Crippen molar-refractivity contribution in [1.29, 1.82) is 0 Å². The van der Waals surface area contributed by atoms with Crippen LogP contribution in [0, 0.1) is 5.82 Å². The van der Waals surface area contributed by atoms with Crippen LogP contribution in [-0.2, 0) is 0 Å². The van der Waals surface area contributed by atoms with E-state index in [-0.39, 0.29) is 5.82 Å². The molecule has 0 aliphatic carbocycles. The highest BCUT2D eigenvalue weighted by atomic mass is 19.1. The van der Waals surface area contributed by atoms with Gasteiger partial charge in [-0.1, -0.05) is 25.1 Å². The van der Waals surface area contributed by atoms with Crippen LogP contribution < -0.4 is 10.5 Å². The molecule has 0 heterocycles. The molecule has 0 saturated carbocycles. The van der Waals surface area contributed by atoms with E-state index in [9.17, 15) is 4.39 Å². The van der Waals surface area contributed by atoms with Gasteiger partial charge in [-0.3, -0.25) is 0 Å². The summed E-state index contributed by atoms with van der Waals surface area (Å²) >= 11 is 0. The highest BCUT2D eigenvalue weighted by Gasteiger charge is 2.11. The summed E-state index contributed by atoms with van der Waals surface area (Å²) in [7, 11) is 0. The molecular weight excluding hydrogens is 241 g/mol. The minimum Gasteiger partial charge on any atom is -0.457 e. The average Bonchev–Trinajstić information content (AvgIpc) is 2.42. The molecule has 0 amide bonds. The van der Waals surface area contributed by atoms with E-state index in [1.54, 1.807) is 12.1 Å². The monoisotopic (exact) mass is 259 g/mol. The Bertz CT molecular complexity index is 525. The maximum atomic E-state index is 12.9. The van der Waals surface area contributed by atoms with Gasteiger partial charge in [0.05, 0.1) is 0 Å². The number of benzene rings is 2. The van der Waals surface area contributed by atoms with Gasteiger partial charge in [0.2, 0.25) is 0 Å².